The van der Waals surface area contributed by atoms with Crippen LogP contribution in [-0.2, 0) is 12.8 Å². The summed E-state index contributed by atoms with van der Waals surface area (Å²) >= 11 is 3.65. The van der Waals surface area contributed by atoms with Crippen LogP contribution in [0.15, 0.2) is 16.6 Å². The Hall–Kier alpha value is -0.800. The van der Waals surface area contributed by atoms with Crippen molar-refractivity contribution in [2.75, 3.05) is 13.7 Å². The van der Waals surface area contributed by atoms with Gasteiger partial charge in [-0.2, -0.15) is 0 Å². The van der Waals surface area contributed by atoms with Crippen molar-refractivity contribution >= 4 is 22.0 Å². The van der Waals surface area contributed by atoms with Gasteiger partial charge in [-0.25, -0.2) is 0 Å². The van der Waals surface area contributed by atoms with Gasteiger partial charge < -0.3 is 10.5 Å². The van der Waals surface area contributed by atoms with Gasteiger partial charge in [-0.1, -0.05) is 12.2 Å². The normalized spacial score (nSPS) is 14.4. The minimum atomic E-state index is 0.553. The summed E-state index contributed by atoms with van der Waals surface area (Å²) in [5, 5.41) is 0. The first-order chi connectivity index (χ1) is 7.77. The molecule has 1 aliphatic rings. The molecule has 0 unspecified atom stereocenters. The van der Waals surface area contributed by atoms with Gasteiger partial charge in [0.1, 0.15) is 5.75 Å². The highest BCUT2D eigenvalue weighted by molar-refractivity contribution is 9.10. The Labute approximate surface area is 105 Å². The summed E-state index contributed by atoms with van der Waals surface area (Å²) in [7, 11) is 1.71. The lowest BCUT2D eigenvalue weighted by Crippen LogP contribution is -1.96. The third-order valence-corrected chi connectivity index (χ3v) is 3.79. The summed E-state index contributed by atoms with van der Waals surface area (Å²) in [6, 6.07) is 2.22. The number of aryl methyl sites for hydroxylation is 1. The Morgan fingerprint density at radius 3 is 3.00 bits per heavy atom. The second-order valence-electron chi connectivity index (χ2n) is 3.94. The Balaban J connectivity index is 2.52. The van der Waals surface area contributed by atoms with Crippen LogP contribution in [-0.4, -0.2) is 13.7 Å². The molecule has 2 nitrogen and oxygen atoms in total. The Kier molecular flexibility index (Phi) is 3.66. The van der Waals surface area contributed by atoms with E-state index in [1.807, 2.05) is 12.2 Å². The van der Waals surface area contributed by atoms with Crippen LogP contribution in [0.5, 0.6) is 5.75 Å². The molecule has 0 spiro atoms. The highest BCUT2D eigenvalue weighted by atomic mass is 79.9. The summed E-state index contributed by atoms with van der Waals surface area (Å²) in [6.07, 6.45) is 7.53. The molecule has 1 aromatic carbocycles. The van der Waals surface area contributed by atoms with E-state index in [2.05, 4.69) is 22.0 Å². The first-order valence-electron chi connectivity index (χ1n) is 5.52. The summed E-state index contributed by atoms with van der Waals surface area (Å²) in [6.45, 7) is 0.553. The molecule has 1 aromatic rings. The molecular formula is C13H16BrNO. The fourth-order valence-corrected chi connectivity index (χ4v) is 3.06. The number of ether oxygens (including phenoxy) is 1. The lowest BCUT2D eigenvalue weighted by Gasteiger charge is -2.12. The fourth-order valence-electron chi connectivity index (χ4n) is 2.22. The first-order valence-corrected chi connectivity index (χ1v) is 6.32. The van der Waals surface area contributed by atoms with E-state index in [1.165, 1.54) is 24.0 Å². The zero-order valence-corrected chi connectivity index (χ0v) is 11.0. The smallest absolute Gasteiger partial charge is 0.140 e. The van der Waals surface area contributed by atoms with Crippen molar-refractivity contribution in [2.24, 2.45) is 5.73 Å². The molecule has 0 bridgehead atoms. The van der Waals surface area contributed by atoms with Gasteiger partial charge in [-0.3, -0.25) is 0 Å². The number of nitrogens with two attached hydrogens (primary N) is 1. The minimum Gasteiger partial charge on any atom is -0.495 e. The third kappa shape index (κ3) is 2.02. The highest BCUT2D eigenvalue weighted by Gasteiger charge is 2.19. The van der Waals surface area contributed by atoms with Crippen LogP contribution in [0.25, 0.3) is 6.08 Å². The van der Waals surface area contributed by atoms with Crippen LogP contribution >= 0.6 is 15.9 Å². The Morgan fingerprint density at radius 2 is 2.31 bits per heavy atom. The second-order valence-corrected chi connectivity index (χ2v) is 4.74. The van der Waals surface area contributed by atoms with Crippen molar-refractivity contribution in [3.63, 3.8) is 0 Å². The van der Waals surface area contributed by atoms with Crippen LogP contribution < -0.4 is 10.5 Å². The summed E-state index contributed by atoms with van der Waals surface area (Å²) in [5.41, 5.74) is 9.43. The molecule has 0 amide bonds. The average molecular weight is 282 g/mol. The van der Waals surface area contributed by atoms with Gasteiger partial charge in [-0.05, 0) is 52.4 Å². The molecule has 0 aromatic heterocycles. The third-order valence-electron chi connectivity index (χ3n) is 2.95. The van der Waals surface area contributed by atoms with Gasteiger partial charge in [0, 0.05) is 12.1 Å². The van der Waals surface area contributed by atoms with Crippen molar-refractivity contribution in [1.29, 1.82) is 0 Å². The zero-order chi connectivity index (χ0) is 11.5. The summed E-state index contributed by atoms with van der Waals surface area (Å²) in [4.78, 5) is 0. The molecule has 0 radical (unpaired) electrons. The number of hydrogen-bond donors (Lipinski definition) is 1. The molecule has 16 heavy (non-hydrogen) atoms. The van der Waals surface area contributed by atoms with Gasteiger partial charge in [0.2, 0.25) is 0 Å². The Bertz CT molecular complexity index is 426. The van der Waals surface area contributed by atoms with Gasteiger partial charge in [0.15, 0.2) is 0 Å². The van der Waals surface area contributed by atoms with Gasteiger partial charge >= 0.3 is 0 Å². The quantitative estimate of drug-likeness (QED) is 0.925. The molecule has 2 N–H and O–H groups in total. The average Bonchev–Trinajstić information content (AvgIpc) is 2.75. The molecule has 0 saturated carbocycles. The van der Waals surface area contributed by atoms with E-state index in [0.717, 1.165) is 22.2 Å². The number of halogens is 1. The van der Waals surface area contributed by atoms with E-state index in [9.17, 15) is 0 Å². The number of benzene rings is 1. The zero-order valence-electron chi connectivity index (χ0n) is 9.42. The second kappa shape index (κ2) is 5.02. The number of methoxy groups -OCH3 is 1. The van der Waals surface area contributed by atoms with Crippen molar-refractivity contribution in [3.8, 4) is 5.75 Å². The Morgan fingerprint density at radius 1 is 1.50 bits per heavy atom. The van der Waals surface area contributed by atoms with E-state index < -0.39 is 0 Å². The molecule has 0 saturated heterocycles. The van der Waals surface area contributed by atoms with Crippen LogP contribution in [0.3, 0.4) is 0 Å². The predicted octanol–water partition coefficient (Wildman–Crippen LogP) is 2.92. The van der Waals surface area contributed by atoms with Crippen molar-refractivity contribution in [1.82, 2.24) is 0 Å². The van der Waals surface area contributed by atoms with Gasteiger partial charge in [0.05, 0.1) is 11.6 Å². The molecule has 86 valence electrons. The van der Waals surface area contributed by atoms with Gasteiger partial charge in [0.25, 0.3) is 0 Å². The molecule has 0 heterocycles. The maximum absolute atomic E-state index is 5.48. The van der Waals surface area contributed by atoms with Crippen molar-refractivity contribution < 1.29 is 4.74 Å². The van der Waals surface area contributed by atoms with E-state index in [-0.39, 0.29) is 0 Å². The fraction of sp³-hybridized carbons (Fsp3) is 0.385. The molecule has 2 rings (SSSR count). The molecular weight excluding hydrogens is 266 g/mol. The lowest BCUT2D eigenvalue weighted by molar-refractivity contribution is 0.410. The van der Waals surface area contributed by atoms with Crippen LogP contribution in [0, 0.1) is 0 Å². The first kappa shape index (κ1) is 11.7. The van der Waals surface area contributed by atoms with Gasteiger partial charge in [-0.15, -0.1) is 0 Å². The molecule has 1 aliphatic carbocycles. The summed E-state index contributed by atoms with van der Waals surface area (Å²) in [5.74, 6) is 0.922. The molecule has 0 aliphatic heterocycles. The van der Waals surface area contributed by atoms with Crippen LogP contribution in [0.2, 0.25) is 0 Å². The largest absolute Gasteiger partial charge is 0.495 e. The predicted molar refractivity (Wildman–Crippen MR) is 70.8 cm³/mol. The van der Waals surface area contributed by atoms with E-state index in [1.54, 1.807) is 7.11 Å². The SMILES string of the molecule is COc1c(/C=C/CN)cc2c(c1Br)CCC2. The standard InChI is InChI=1S/C13H16BrNO/c1-16-13-10(5-3-7-15)8-9-4-2-6-11(9)12(13)14/h3,5,8H,2,4,6-7,15H2,1H3/b5-3+. The molecule has 0 atom stereocenters. The molecule has 0 fully saturated rings. The van der Waals surface area contributed by atoms with Crippen molar-refractivity contribution in [2.45, 2.75) is 19.3 Å². The highest BCUT2D eigenvalue weighted by Crippen LogP contribution is 2.39. The maximum atomic E-state index is 5.48. The van der Waals surface area contributed by atoms with Crippen LogP contribution in [0.4, 0.5) is 0 Å². The number of hydrogen-bond acceptors (Lipinski definition) is 2. The molecule has 3 heteroatoms. The number of rotatable bonds is 3. The van der Waals surface area contributed by atoms with Crippen LogP contribution in [0.1, 0.15) is 23.1 Å². The van der Waals surface area contributed by atoms with E-state index >= 15 is 0 Å². The summed E-state index contributed by atoms with van der Waals surface area (Å²) < 4.78 is 6.57. The van der Waals surface area contributed by atoms with E-state index in [0.29, 0.717) is 6.54 Å². The maximum Gasteiger partial charge on any atom is 0.140 e. The minimum absolute atomic E-state index is 0.553. The van der Waals surface area contributed by atoms with E-state index in [4.69, 9.17) is 10.5 Å². The number of fused-ring (bicyclic) bond motifs is 1. The lowest BCUT2D eigenvalue weighted by atomic mass is 10.0. The van der Waals surface area contributed by atoms with Crippen molar-refractivity contribution in [3.05, 3.63) is 33.3 Å². The monoisotopic (exact) mass is 281 g/mol. The topological polar surface area (TPSA) is 35.2 Å².